The summed E-state index contributed by atoms with van der Waals surface area (Å²) in [6, 6.07) is 2.56. The Kier molecular flexibility index (Phi) is 4.13. The summed E-state index contributed by atoms with van der Waals surface area (Å²) in [4.78, 5) is 0. The average molecular weight is 371 g/mol. The molecule has 0 radical (unpaired) electrons. The van der Waals surface area contributed by atoms with Gasteiger partial charge in [-0.25, -0.2) is 0 Å². The summed E-state index contributed by atoms with van der Waals surface area (Å²) in [6.07, 6.45) is -4.76. The van der Waals surface area contributed by atoms with Gasteiger partial charge in [0, 0.05) is 23.5 Å². The number of nitrogens with one attached hydrogen (secondary N) is 1. The van der Waals surface area contributed by atoms with E-state index in [1.165, 1.54) is 12.1 Å². The minimum atomic E-state index is -4.76. The van der Waals surface area contributed by atoms with E-state index in [0.717, 1.165) is 16.4 Å². The van der Waals surface area contributed by atoms with E-state index in [9.17, 15) is 21.6 Å². The third-order valence-corrected chi connectivity index (χ3v) is 5.70. The van der Waals surface area contributed by atoms with Gasteiger partial charge < -0.3 is 4.74 Å². The molecule has 5 nitrogen and oxygen atoms in total. The SMILES string of the molecule is O=S(=O)(NC(c1ccc(Cl)cc1)C(F)(F)F)N1CC2(COC2)C1. The Hall–Kier alpha value is -0.870. The number of nitrogens with zero attached hydrogens (tertiary/aromatic N) is 1. The van der Waals surface area contributed by atoms with Gasteiger partial charge in [0.2, 0.25) is 0 Å². The molecular weight excluding hydrogens is 357 g/mol. The Morgan fingerprint density at radius 3 is 2.22 bits per heavy atom. The van der Waals surface area contributed by atoms with E-state index in [1.54, 1.807) is 4.72 Å². The van der Waals surface area contributed by atoms with Crippen LogP contribution in [0.5, 0.6) is 0 Å². The molecule has 3 rings (SSSR count). The first-order valence-electron chi connectivity index (χ1n) is 6.79. The lowest BCUT2D eigenvalue weighted by molar-refractivity contribution is -0.169. The fraction of sp³-hybridized carbons (Fsp3) is 0.538. The largest absolute Gasteiger partial charge is 0.408 e. The van der Waals surface area contributed by atoms with Gasteiger partial charge in [-0.1, -0.05) is 23.7 Å². The zero-order valence-corrected chi connectivity index (χ0v) is 13.4. The molecule has 2 aliphatic rings. The van der Waals surface area contributed by atoms with Crippen molar-refractivity contribution in [3.63, 3.8) is 0 Å². The van der Waals surface area contributed by atoms with Gasteiger partial charge in [0.1, 0.15) is 6.04 Å². The van der Waals surface area contributed by atoms with Gasteiger partial charge in [-0.15, -0.1) is 0 Å². The molecule has 0 amide bonds. The second-order valence-corrected chi connectivity index (χ2v) is 8.05. The first-order valence-corrected chi connectivity index (χ1v) is 8.61. The van der Waals surface area contributed by atoms with Crippen molar-refractivity contribution in [3.05, 3.63) is 34.9 Å². The molecule has 1 atom stereocenters. The quantitative estimate of drug-likeness (QED) is 0.883. The Labute approximate surface area is 136 Å². The van der Waals surface area contributed by atoms with Crippen molar-refractivity contribution in [3.8, 4) is 0 Å². The van der Waals surface area contributed by atoms with E-state index in [4.69, 9.17) is 16.3 Å². The van der Waals surface area contributed by atoms with Crippen LogP contribution in [0.25, 0.3) is 0 Å². The molecule has 128 valence electrons. The van der Waals surface area contributed by atoms with Crippen molar-refractivity contribution in [2.75, 3.05) is 26.3 Å². The number of benzene rings is 1. The second kappa shape index (κ2) is 5.59. The lowest BCUT2D eigenvalue weighted by atomic mass is 9.80. The first kappa shape index (κ1) is 17.0. The van der Waals surface area contributed by atoms with Gasteiger partial charge in [0.15, 0.2) is 0 Å². The van der Waals surface area contributed by atoms with E-state index in [2.05, 4.69) is 0 Å². The van der Waals surface area contributed by atoms with E-state index in [-0.39, 0.29) is 29.1 Å². The highest BCUT2D eigenvalue weighted by Crippen LogP contribution is 2.40. The van der Waals surface area contributed by atoms with Crippen LogP contribution in [0.15, 0.2) is 24.3 Å². The molecule has 2 aliphatic heterocycles. The van der Waals surface area contributed by atoms with Crippen LogP contribution in [0, 0.1) is 5.41 Å². The molecule has 0 aromatic heterocycles. The van der Waals surface area contributed by atoms with Crippen LogP contribution < -0.4 is 4.72 Å². The molecule has 23 heavy (non-hydrogen) atoms. The van der Waals surface area contributed by atoms with Crippen molar-refractivity contribution in [2.24, 2.45) is 5.41 Å². The van der Waals surface area contributed by atoms with Crippen LogP contribution >= 0.6 is 11.6 Å². The zero-order valence-electron chi connectivity index (χ0n) is 11.8. The van der Waals surface area contributed by atoms with Gasteiger partial charge in [0.05, 0.1) is 13.2 Å². The van der Waals surface area contributed by atoms with Crippen LogP contribution in [-0.4, -0.2) is 45.2 Å². The minimum absolute atomic E-state index is 0.174. The summed E-state index contributed by atoms with van der Waals surface area (Å²) in [6.45, 7) is 1.23. The van der Waals surface area contributed by atoms with Crippen molar-refractivity contribution in [1.82, 2.24) is 9.03 Å². The van der Waals surface area contributed by atoms with E-state index in [0.29, 0.717) is 13.2 Å². The number of hydrogen-bond acceptors (Lipinski definition) is 3. The van der Waals surface area contributed by atoms with E-state index >= 15 is 0 Å². The highest BCUT2D eigenvalue weighted by molar-refractivity contribution is 7.87. The minimum Gasteiger partial charge on any atom is -0.380 e. The van der Waals surface area contributed by atoms with E-state index in [1.807, 2.05) is 0 Å². The van der Waals surface area contributed by atoms with E-state index < -0.39 is 22.4 Å². The normalized spacial score (nSPS) is 22.4. The first-order chi connectivity index (χ1) is 10.6. The van der Waals surface area contributed by atoms with Crippen LogP contribution in [0.3, 0.4) is 0 Å². The van der Waals surface area contributed by atoms with Gasteiger partial charge in [-0.3, -0.25) is 0 Å². The standard InChI is InChI=1S/C13H14ClF3N2O3S/c14-10-3-1-9(2-4-10)11(13(15,16)17)18-23(20,21)19-5-12(6-19)7-22-8-12/h1-4,11,18H,5-8H2. The van der Waals surface area contributed by atoms with Gasteiger partial charge in [-0.2, -0.15) is 30.6 Å². The number of ether oxygens (including phenoxy) is 1. The van der Waals surface area contributed by atoms with Gasteiger partial charge in [0.25, 0.3) is 10.2 Å². The molecule has 2 heterocycles. The molecule has 2 fully saturated rings. The fourth-order valence-corrected chi connectivity index (χ4v) is 4.38. The van der Waals surface area contributed by atoms with Crippen LogP contribution in [0.1, 0.15) is 11.6 Å². The van der Waals surface area contributed by atoms with Crippen molar-refractivity contribution in [1.29, 1.82) is 0 Å². The molecular formula is C13H14ClF3N2O3S. The fourth-order valence-electron chi connectivity index (χ4n) is 2.65. The summed E-state index contributed by atoms with van der Waals surface area (Å²) >= 11 is 5.66. The summed E-state index contributed by atoms with van der Waals surface area (Å²) in [5, 5.41) is 0.271. The number of rotatable bonds is 4. The molecule has 10 heteroatoms. The van der Waals surface area contributed by atoms with Crippen molar-refractivity contribution >= 4 is 21.8 Å². The maximum atomic E-state index is 13.3. The van der Waals surface area contributed by atoms with Crippen molar-refractivity contribution < 1.29 is 26.3 Å². The lowest BCUT2D eigenvalue weighted by Gasteiger charge is -2.53. The summed E-state index contributed by atoms with van der Waals surface area (Å²) in [5.74, 6) is 0. The lowest BCUT2D eigenvalue weighted by Crippen LogP contribution is -2.68. The molecule has 1 N–H and O–H groups in total. The molecule has 0 saturated carbocycles. The molecule has 0 bridgehead atoms. The van der Waals surface area contributed by atoms with Crippen molar-refractivity contribution in [2.45, 2.75) is 12.2 Å². The average Bonchev–Trinajstić information content (AvgIpc) is 2.32. The summed E-state index contributed by atoms with van der Waals surface area (Å²) in [5.41, 5.74) is -0.435. The zero-order chi connectivity index (χ0) is 16.9. The maximum absolute atomic E-state index is 13.3. The predicted octanol–water partition coefficient (Wildman–Crippen LogP) is 2.11. The Morgan fingerprint density at radius 2 is 1.78 bits per heavy atom. The Bertz CT molecular complexity index is 681. The number of hydrogen-bond donors (Lipinski definition) is 1. The molecule has 1 unspecified atom stereocenters. The molecule has 0 aliphatic carbocycles. The maximum Gasteiger partial charge on any atom is 0.408 e. The summed E-state index contributed by atoms with van der Waals surface area (Å²) in [7, 11) is -4.24. The highest BCUT2D eigenvalue weighted by Gasteiger charge is 2.54. The van der Waals surface area contributed by atoms with Crippen LogP contribution in [0.2, 0.25) is 5.02 Å². The number of halogens is 4. The molecule has 1 aromatic carbocycles. The van der Waals surface area contributed by atoms with Gasteiger partial charge >= 0.3 is 6.18 Å². The molecule has 2 saturated heterocycles. The topological polar surface area (TPSA) is 58.6 Å². The number of alkyl halides is 3. The van der Waals surface area contributed by atoms with Crippen LogP contribution in [0.4, 0.5) is 13.2 Å². The molecule has 1 spiro atoms. The third kappa shape index (κ3) is 3.34. The summed E-state index contributed by atoms with van der Waals surface area (Å²) < 4.78 is 71.9. The Morgan fingerprint density at radius 1 is 1.22 bits per heavy atom. The monoisotopic (exact) mass is 370 g/mol. The van der Waals surface area contributed by atoms with Crippen LogP contribution in [-0.2, 0) is 14.9 Å². The second-order valence-electron chi connectivity index (χ2n) is 5.91. The third-order valence-electron chi connectivity index (χ3n) is 3.98. The Balaban J connectivity index is 1.77. The van der Waals surface area contributed by atoms with Gasteiger partial charge in [-0.05, 0) is 17.7 Å². The predicted molar refractivity (Wildman–Crippen MR) is 77.1 cm³/mol. The molecule has 1 aromatic rings. The highest BCUT2D eigenvalue weighted by atomic mass is 35.5. The smallest absolute Gasteiger partial charge is 0.380 e.